The first-order valence-corrected chi connectivity index (χ1v) is 7.22. The van der Waals surface area contributed by atoms with Crippen LogP contribution in [0.3, 0.4) is 0 Å². The summed E-state index contributed by atoms with van der Waals surface area (Å²) < 4.78 is 1.83. The molecule has 0 aliphatic carbocycles. The number of carbonyl (C=O) groups excluding carboxylic acids is 2. The molecule has 0 spiro atoms. The molecule has 2 aromatic rings. The second kappa shape index (κ2) is 6.26. The Hall–Kier alpha value is -1.26. The van der Waals surface area contributed by atoms with Gasteiger partial charge in [-0.2, -0.15) is 0 Å². The van der Waals surface area contributed by atoms with E-state index in [1.807, 2.05) is 24.3 Å². The van der Waals surface area contributed by atoms with E-state index in [0.717, 1.165) is 14.5 Å². The van der Waals surface area contributed by atoms with Gasteiger partial charge in [-0.05, 0) is 42.0 Å². The SMILES string of the molecule is O=C(Cc1ccc(Br)cc1)C(=O)c1ccc(Br)cc1. The van der Waals surface area contributed by atoms with Crippen LogP contribution in [0.1, 0.15) is 15.9 Å². The number of carbonyl (C=O) groups is 2. The highest BCUT2D eigenvalue weighted by molar-refractivity contribution is 9.10. The highest BCUT2D eigenvalue weighted by Gasteiger charge is 2.16. The van der Waals surface area contributed by atoms with E-state index in [4.69, 9.17) is 0 Å². The van der Waals surface area contributed by atoms with E-state index in [2.05, 4.69) is 31.9 Å². The number of benzene rings is 2. The Morgan fingerprint density at radius 3 is 1.79 bits per heavy atom. The summed E-state index contributed by atoms with van der Waals surface area (Å²) in [6.07, 6.45) is 0.127. The maximum atomic E-state index is 12.0. The van der Waals surface area contributed by atoms with Gasteiger partial charge in [-0.3, -0.25) is 9.59 Å². The number of rotatable bonds is 4. The molecule has 0 aliphatic heterocycles. The molecule has 96 valence electrons. The Kier molecular flexibility index (Phi) is 4.66. The smallest absolute Gasteiger partial charge is 0.228 e. The van der Waals surface area contributed by atoms with Crippen molar-refractivity contribution in [1.29, 1.82) is 0 Å². The molecule has 0 bridgehead atoms. The molecule has 19 heavy (non-hydrogen) atoms. The standard InChI is InChI=1S/C15H10Br2O2/c16-12-5-1-10(2-6-12)9-14(18)15(19)11-3-7-13(17)8-4-11/h1-8H,9H2. The molecule has 0 amide bonds. The molecule has 2 nitrogen and oxygen atoms in total. The minimum Gasteiger partial charge on any atom is -0.290 e. The van der Waals surface area contributed by atoms with E-state index in [9.17, 15) is 9.59 Å². The summed E-state index contributed by atoms with van der Waals surface area (Å²) in [5.74, 6) is -0.847. The number of ketones is 2. The van der Waals surface area contributed by atoms with Crippen molar-refractivity contribution in [2.45, 2.75) is 6.42 Å². The number of hydrogen-bond donors (Lipinski definition) is 0. The molecule has 0 unspecified atom stereocenters. The average molecular weight is 382 g/mol. The number of halogens is 2. The molecular weight excluding hydrogens is 372 g/mol. The Bertz CT molecular complexity index is 601. The maximum Gasteiger partial charge on any atom is 0.228 e. The molecule has 0 saturated heterocycles. The molecule has 0 aliphatic rings. The van der Waals surface area contributed by atoms with Crippen molar-refractivity contribution in [2.75, 3.05) is 0 Å². The molecule has 0 radical (unpaired) electrons. The van der Waals surface area contributed by atoms with Gasteiger partial charge < -0.3 is 0 Å². The summed E-state index contributed by atoms with van der Waals surface area (Å²) in [7, 11) is 0. The Morgan fingerprint density at radius 1 is 0.789 bits per heavy atom. The molecule has 0 aromatic heterocycles. The van der Waals surface area contributed by atoms with E-state index >= 15 is 0 Å². The lowest BCUT2D eigenvalue weighted by molar-refractivity contribution is -0.114. The zero-order chi connectivity index (χ0) is 13.8. The summed E-state index contributed by atoms with van der Waals surface area (Å²) in [6.45, 7) is 0. The first kappa shape index (κ1) is 14.2. The maximum absolute atomic E-state index is 12.0. The summed E-state index contributed by atoms with van der Waals surface area (Å²) in [6, 6.07) is 14.2. The van der Waals surface area contributed by atoms with E-state index in [1.54, 1.807) is 24.3 Å². The van der Waals surface area contributed by atoms with Gasteiger partial charge >= 0.3 is 0 Å². The third-order valence-electron chi connectivity index (χ3n) is 2.64. The van der Waals surface area contributed by atoms with Crippen molar-refractivity contribution in [3.8, 4) is 0 Å². The second-order valence-corrected chi connectivity index (χ2v) is 5.89. The molecule has 0 fully saturated rings. The van der Waals surface area contributed by atoms with Crippen LogP contribution in [0, 0.1) is 0 Å². The zero-order valence-corrected chi connectivity index (χ0v) is 13.1. The predicted octanol–water partition coefficient (Wildman–Crippen LogP) is 4.21. The molecule has 0 atom stereocenters. The molecule has 0 heterocycles. The van der Waals surface area contributed by atoms with Gasteiger partial charge in [0, 0.05) is 20.9 Å². The normalized spacial score (nSPS) is 10.2. The van der Waals surface area contributed by atoms with Gasteiger partial charge in [0.05, 0.1) is 0 Å². The van der Waals surface area contributed by atoms with Crippen LogP contribution in [-0.2, 0) is 11.2 Å². The van der Waals surface area contributed by atoms with Gasteiger partial charge in [0.1, 0.15) is 0 Å². The Labute approximate surface area is 128 Å². The predicted molar refractivity (Wildman–Crippen MR) is 81.3 cm³/mol. The zero-order valence-electron chi connectivity index (χ0n) is 9.90. The summed E-state index contributed by atoms with van der Waals surface area (Å²) >= 11 is 6.62. The first-order valence-electron chi connectivity index (χ1n) is 5.64. The summed E-state index contributed by atoms with van der Waals surface area (Å²) in [5, 5.41) is 0. The second-order valence-electron chi connectivity index (χ2n) is 4.06. The molecule has 2 aromatic carbocycles. The van der Waals surface area contributed by atoms with Crippen molar-refractivity contribution < 1.29 is 9.59 Å². The minimum atomic E-state index is -0.449. The summed E-state index contributed by atoms with van der Waals surface area (Å²) in [5.41, 5.74) is 1.25. The fourth-order valence-corrected chi connectivity index (χ4v) is 2.16. The van der Waals surface area contributed by atoms with E-state index in [1.165, 1.54) is 0 Å². The van der Waals surface area contributed by atoms with Crippen LogP contribution in [0.2, 0.25) is 0 Å². The quantitative estimate of drug-likeness (QED) is 0.587. The van der Waals surface area contributed by atoms with Crippen molar-refractivity contribution in [3.63, 3.8) is 0 Å². The Balaban J connectivity index is 2.09. The highest BCUT2D eigenvalue weighted by atomic mass is 79.9. The van der Waals surface area contributed by atoms with Gasteiger partial charge in [0.2, 0.25) is 11.6 Å². The van der Waals surface area contributed by atoms with E-state index < -0.39 is 11.6 Å². The largest absolute Gasteiger partial charge is 0.290 e. The average Bonchev–Trinajstić information content (AvgIpc) is 2.41. The lowest BCUT2D eigenvalue weighted by Crippen LogP contribution is -2.16. The molecule has 0 saturated carbocycles. The van der Waals surface area contributed by atoms with Crippen LogP contribution < -0.4 is 0 Å². The minimum absolute atomic E-state index is 0.127. The lowest BCUT2D eigenvalue weighted by atomic mass is 10.0. The first-order chi connectivity index (χ1) is 9.06. The van der Waals surface area contributed by atoms with Gasteiger partial charge in [-0.1, -0.05) is 44.0 Å². The molecular formula is C15H10Br2O2. The van der Waals surface area contributed by atoms with Crippen molar-refractivity contribution in [3.05, 3.63) is 68.6 Å². The highest BCUT2D eigenvalue weighted by Crippen LogP contribution is 2.14. The molecule has 0 N–H and O–H groups in total. The van der Waals surface area contributed by atoms with Crippen LogP contribution >= 0.6 is 31.9 Å². The fourth-order valence-electron chi connectivity index (χ4n) is 1.63. The number of Topliss-reactive ketones (excluding diaryl/α,β-unsaturated/α-hetero) is 2. The van der Waals surface area contributed by atoms with E-state index in [0.29, 0.717) is 5.56 Å². The molecule has 2 rings (SSSR count). The lowest BCUT2D eigenvalue weighted by Gasteiger charge is -2.02. The van der Waals surface area contributed by atoms with Crippen LogP contribution in [0.15, 0.2) is 57.5 Å². The van der Waals surface area contributed by atoms with Crippen LogP contribution in [0.5, 0.6) is 0 Å². The fraction of sp³-hybridized carbons (Fsp3) is 0.0667. The van der Waals surface area contributed by atoms with Gasteiger partial charge in [0.15, 0.2) is 0 Å². The van der Waals surface area contributed by atoms with Gasteiger partial charge in [-0.25, -0.2) is 0 Å². The Morgan fingerprint density at radius 2 is 1.26 bits per heavy atom. The third-order valence-corrected chi connectivity index (χ3v) is 3.69. The topological polar surface area (TPSA) is 34.1 Å². The van der Waals surface area contributed by atoms with Crippen LogP contribution in [0.25, 0.3) is 0 Å². The van der Waals surface area contributed by atoms with Crippen molar-refractivity contribution >= 4 is 43.4 Å². The summed E-state index contributed by atoms with van der Waals surface area (Å²) in [4.78, 5) is 23.9. The van der Waals surface area contributed by atoms with Crippen molar-refractivity contribution in [2.24, 2.45) is 0 Å². The monoisotopic (exact) mass is 380 g/mol. The van der Waals surface area contributed by atoms with Gasteiger partial charge in [-0.15, -0.1) is 0 Å². The van der Waals surface area contributed by atoms with Gasteiger partial charge in [0.25, 0.3) is 0 Å². The van der Waals surface area contributed by atoms with Crippen molar-refractivity contribution in [1.82, 2.24) is 0 Å². The van der Waals surface area contributed by atoms with Crippen LogP contribution in [0.4, 0.5) is 0 Å². The van der Waals surface area contributed by atoms with Crippen LogP contribution in [-0.4, -0.2) is 11.6 Å². The third kappa shape index (κ3) is 3.85. The molecule has 4 heteroatoms. The number of hydrogen-bond acceptors (Lipinski definition) is 2. The van der Waals surface area contributed by atoms with E-state index in [-0.39, 0.29) is 6.42 Å².